The third-order valence-electron chi connectivity index (χ3n) is 2.41. The quantitative estimate of drug-likeness (QED) is 0.695. The summed E-state index contributed by atoms with van der Waals surface area (Å²) in [5.74, 6) is 0.681. The number of hydrogen-bond acceptors (Lipinski definition) is 2. The minimum atomic E-state index is -0.249. The summed E-state index contributed by atoms with van der Waals surface area (Å²) in [5.41, 5.74) is 5.75. The van der Waals surface area contributed by atoms with E-state index in [1.165, 1.54) is 0 Å². The highest BCUT2D eigenvalue weighted by Gasteiger charge is 2.23. The summed E-state index contributed by atoms with van der Waals surface area (Å²) in [4.78, 5) is 13.6. The van der Waals surface area contributed by atoms with Crippen LogP contribution >= 0.6 is 0 Å². The molecule has 0 aliphatic carbocycles. The van der Waals surface area contributed by atoms with Crippen molar-refractivity contribution in [1.29, 1.82) is 0 Å². The highest BCUT2D eigenvalue weighted by Crippen LogP contribution is 2.12. The first-order chi connectivity index (χ1) is 6.11. The van der Waals surface area contributed by atoms with E-state index in [1.807, 2.05) is 4.90 Å². The van der Waals surface area contributed by atoms with Gasteiger partial charge in [0, 0.05) is 13.1 Å². The molecule has 1 aliphatic rings. The van der Waals surface area contributed by atoms with Crippen LogP contribution in [0, 0.1) is 5.92 Å². The molecule has 0 saturated carbocycles. The van der Waals surface area contributed by atoms with Crippen LogP contribution in [0.5, 0.6) is 0 Å². The van der Waals surface area contributed by atoms with E-state index in [0.717, 1.165) is 32.4 Å². The zero-order valence-corrected chi connectivity index (χ0v) is 8.62. The predicted octanol–water partition coefficient (Wildman–Crippen LogP) is 0.982. The van der Waals surface area contributed by atoms with E-state index >= 15 is 0 Å². The molecular formula is C10H20N2O. The fourth-order valence-electron chi connectivity index (χ4n) is 1.76. The SMILES string of the molecule is CC(C)CN1CCCCC(N)C1=O. The largest absolute Gasteiger partial charge is 0.341 e. The van der Waals surface area contributed by atoms with Crippen molar-refractivity contribution in [3.63, 3.8) is 0 Å². The Bertz CT molecular complexity index is 180. The van der Waals surface area contributed by atoms with E-state index in [0.29, 0.717) is 5.92 Å². The van der Waals surface area contributed by atoms with E-state index in [1.54, 1.807) is 0 Å². The molecule has 0 aromatic heterocycles. The molecule has 1 rings (SSSR count). The van der Waals surface area contributed by atoms with E-state index in [4.69, 9.17) is 5.73 Å². The molecule has 0 aromatic carbocycles. The van der Waals surface area contributed by atoms with Gasteiger partial charge in [0.25, 0.3) is 0 Å². The van der Waals surface area contributed by atoms with Gasteiger partial charge in [-0.2, -0.15) is 0 Å². The van der Waals surface area contributed by atoms with Gasteiger partial charge >= 0.3 is 0 Å². The van der Waals surface area contributed by atoms with Crippen LogP contribution in [-0.4, -0.2) is 29.9 Å². The van der Waals surface area contributed by atoms with Crippen molar-refractivity contribution in [2.75, 3.05) is 13.1 Å². The average molecular weight is 184 g/mol. The van der Waals surface area contributed by atoms with Gasteiger partial charge in [0.2, 0.25) is 5.91 Å². The molecule has 1 amide bonds. The highest BCUT2D eigenvalue weighted by molar-refractivity contribution is 5.81. The Morgan fingerprint density at radius 3 is 2.85 bits per heavy atom. The van der Waals surface area contributed by atoms with Crippen molar-refractivity contribution in [2.45, 2.75) is 39.2 Å². The number of nitrogens with two attached hydrogens (primary N) is 1. The van der Waals surface area contributed by atoms with Gasteiger partial charge in [0.05, 0.1) is 6.04 Å². The van der Waals surface area contributed by atoms with Crippen molar-refractivity contribution >= 4 is 5.91 Å². The molecule has 1 aliphatic heterocycles. The molecule has 1 unspecified atom stereocenters. The van der Waals surface area contributed by atoms with Gasteiger partial charge in [-0.3, -0.25) is 4.79 Å². The molecule has 0 bridgehead atoms. The minimum Gasteiger partial charge on any atom is -0.341 e. The lowest BCUT2D eigenvalue weighted by Gasteiger charge is -2.24. The summed E-state index contributed by atoms with van der Waals surface area (Å²) >= 11 is 0. The fraction of sp³-hybridized carbons (Fsp3) is 0.900. The maximum absolute atomic E-state index is 11.7. The summed E-state index contributed by atoms with van der Waals surface area (Å²) < 4.78 is 0. The Kier molecular flexibility index (Phi) is 3.72. The second kappa shape index (κ2) is 4.61. The topological polar surface area (TPSA) is 46.3 Å². The lowest BCUT2D eigenvalue weighted by molar-refractivity contribution is -0.132. The highest BCUT2D eigenvalue weighted by atomic mass is 16.2. The number of amides is 1. The summed E-state index contributed by atoms with van der Waals surface area (Å²) in [6.07, 6.45) is 3.04. The van der Waals surface area contributed by atoms with Gasteiger partial charge in [0.15, 0.2) is 0 Å². The number of carbonyl (C=O) groups excluding carboxylic acids is 1. The molecule has 76 valence electrons. The molecule has 1 saturated heterocycles. The second-order valence-electron chi connectivity index (χ2n) is 4.28. The molecule has 1 atom stereocenters. The van der Waals surface area contributed by atoms with Crippen LogP contribution in [0.4, 0.5) is 0 Å². The standard InChI is InChI=1S/C10H20N2O/c1-8(2)7-12-6-4-3-5-9(11)10(12)13/h8-9H,3-7,11H2,1-2H3. The van der Waals surface area contributed by atoms with Crippen LogP contribution in [-0.2, 0) is 4.79 Å². The van der Waals surface area contributed by atoms with Gasteiger partial charge in [0.1, 0.15) is 0 Å². The van der Waals surface area contributed by atoms with E-state index in [2.05, 4.69) is 13.8 Å². The molecule has 13 heavy (non-hydrogen) atoms. The molecule has 0 radical (unpaired) electrons. The lowest BCUT2D eigenvalue weighted by atomic mass is 10.1. The zero-order valence-electron chi connectivity index (χ0n) is 8.62. The summed E-state index contributed by atoms with van der Waals surface area (Å²) in [5, 5.41) is 0. The summed E-state index contributed by atoms with van der Waals surface area (Å²) in [6, 6.07) is -0.249. The van der Waals surface area contributed by atoms with Gasteiger partial charge in [-0.05, 0) is 25.2 Å². The predicted molar refractivity (Wildman–Crippen MR) is 53.2 cm³/mol. The zero-order chi connectivity index (χ0) is 9.84. The van der Waals surface area contributed by atoms with Crippen molar-refractivity contribution in [3.05, 3.63) is 0 Å². The Balaban J connectivity index is 2.54. The fourth-order valence-corrected chi connectivity index (χ4v) is 1.76. The summed E-state index contributed by atoms with van der Waals surface area (Å²) in [7, 11) is 0. The molecule has 1 fully saturated rings. The van der Waals surface area contributed by atoms with Crippen molar-refractivity contribution in [2.24, 2.45) is 11.7 Å². The van der Waals surface area contributed by atoms with Crippen LogP contribution in [0.25, 0.3) is 0 Å². The first kappa shape index (κ1) is 10.5. The van der Waals surface area contributed by atoms with Crippen LogP contribution in [0.3, 0.4) is 0 Å². The number of hydrogen-bond donors (Lipinski definition) is 1. The lowest BCUT2D eigenvalue weighted by Crippen LogP contribution is -2.43. The first-order valence-corrected chi connectivity index (χ1v) is 5.15. The number of rotatable bonds is 2. The average Bonchev–Trinajstić information content (AvgIpc) is 2.19. The monoisotopic (exact) mass is 184 g/mol. The number of nitrogens with zero attached hydrogens (tertiary/aromatic N) is 1. The Morgan fingerprint density at radius 1 is 1.54 bits per heavy atom. The Hall–Kier alpha value is -0.570. The molecule has 3 nitrogen and oxygen atoms in total. The normalized spacial score (nSPS) is 25.1. The van der Waals surface area contributed by atoms with E-state index in [9.17, 15) is 4.79 Å². The van der Waals surface area contributed by atoms with Crippen LogP contribution in [0.2, 0.25) is 0 Å². The number of likely N-dealkylation sites (tertiary alicyclic amines) is 1. The molecular weight excluding hydrogens is 164 g/mol. The Labute approximate surface area is 80.3 Å². The number of carbonyl (C=O) groups is 1. The maximum Gasteiger partial charge on any atom is 0.239 e. The van der Waals surface area contributed by atoms with Crippen LogP contribution in [0.15, 0.2) is 0 Å². The molecule has 3 heteroatoms. The third kappa shape index (κ3) is 2.99. The molecule has 0 aromatic rings. The molecule has 1 heterocycles. The van der Waals surface area contributed by atoms with E-state index < -0.39 is 0 Å². The summed E-state index contributed by atoms with van der Waals surface area (Å²) in [6.45, 7) is 6.00. The van der Waals surface area contributed by atoms with Crippen LogP contribution in [0.1, 0.15) is 33.1 Å². The minimum absolute atomic E-state index is 0.145. The Morgan fingerprint density at radius 2 is 2.23 bits per heavy atom. The van der Waals surface area contributed by atoms with Gasteiger partial charge in [-0.25, -0.2) is 0 Å². The van der Waals surface area contributed by atoms with Gasteiger partial charge in [-0.15, -0.1) is 0 Å². The van der Waals surface area contributed by atoms with E-state index in [-0.39, 0.29) is 11.9 Å². The smallest absolute Gasteiger partial charge is 0.239 e. The molecule has 0 spiro atoms. The van der Waals surface area contributed by atoms with Gasteiger partial charge in [-0.1, -0.05) is 13.8 Å². The van der Waals surface area contributed by atoms with Crippen LogP contribution < -0.4 is 5.73 Å². The van der Waals surface area contributed by atoms with Gasteiger partial charge < -0.3 is 10.6 Å². The van der Waals surface area contributed by atoms with Crippen molar-refractivity contribution in [1.82, 2.24) is 4.90 Å². The second-order valence-corrected chi connectivity index (χ2v) is 4.28. The van der Waals surface area contributed by atoms with Crippen molar-refractivity contribution in [3.8, 4) is 0 Å². The molecule has 2 N–H and O–H groups in total. The van der Waals surface area contributed by atoms with Crippen molar-refractivity contribution < 1.29 is 4.79 Å². The third-order valence-corrected chi connectivity index (χ3v) is 2.41. The maximum atomic E-state index is 11.7. The first-order valence-electron chi connectivity index (χ1n) is 5.15.